The number of anilines is 1. The highest BCUT2D eigenvalue weighted by molar-refractivity contribution is 6.28. The molecule has 2 rings (SSSR count). The number of ether oxygens (including phenoxy) is 1. The van der Waals surface area contributed by atoms with Crippen LogP contribution in [0.1, 0.15) is 38.5 Å². The molecule has 0 aromatic carbocycles. The maximum absolute atomic E-state index is 5.79. The van der Waals surface area contributed by atoms with Gasteiger partial charge in [0.25, 0.3) is 0 Å². The summed E-state index contributed by atoms with van der Waals surface area (Å²) in [5, 5.41) is 2.99. The van der Waals surface area contributed by atoms with Gasteiger partial charge in [0, 0.05) is 7.05 Å². The van der Waals surface area contributed by atoms with Gasteiger partial charge in [-0.2, -0.15) is 15.0 Å². The number of hydrogen-bond acceptors (Lipinski definition) is 5. The Labute approximate surface area is 112 Å². The van der Waals surface area contributed by atoms with Crippen LogP contribution in [0.15, 0.2) is 0 Å². The normalized spacial score (nSPS) is 17.2. The van der Waals surface area contributed by atoms with Crippen LogP contribution in [0.2, 0.25) is 5.28 Å². The van der Waals surface area contributed by atoms with Crippen molar-refractivity contribution in [3.05, 3.63) is 5.28 Å². The molecule has 0 saturated heterocycles. The lowest BCUT2D eigenvalue weighted by molar-refractivity contribution is 0.218. The predicted molar refractivity (Wildman–Crippen MR) is 71.1 cm³/mol. The Balaban J connectivity index is 1.90. The van der Waals surface area contributed by atoms with Crippen molar-refractivity contribution in [1.82, 2.24) is 15.0 Å². The van der Waals surface area contributed by atoms with Gasteiger partial charge in [0.2, 0.25) is 11.2 Å². The first-order valence-corrected chi connectivity index (χ1v) is 6.88. The minimum Gasteiger partial charge on any atom is -0.463 e. The standard InChI is InChI=1S/C12H19ClN4O/c1-14-11-15-10(13)16-12(17-11)18-8-9-6-4-2-3-5-7-9/h9H,2-8H2,1H3,(H,14,15,16,17). The molecule has 1 heterocycles. The zero-order valence-electron chi connectivity index (χ0n) is 10.7. The van der Waals surface area contributed by atoms with E-state index in [0.29, 0.717) is 24.5 Å². The lowest BCUT2D eigenvalue weighted by Gasteiger charge is -2.14. The number of halogens is 1. The summed E-state index contributed by atoms with van der Waals surface area (Å²) in [7, 11) is 1.74. The van der Waals surface area contributed by atoms with Crippen LogP contribution in [0.25, 0.3) is 0 Å². The van der Waals surface area contributed by atoms with Crippen molar-refractivity contribution in [2.45, 2.75) is 38.5 Å². The third-order valence-corrected chi connectivity index (χ3v) is 3.40. The van der Waals surface area contributed by atoms with E-state index in [1.165, 1.54) is 38.5 Å². The summed E-state index contributed by atoms with van der Waals surface area (Å²) < 4.78 is 5.64. The number of hydrogen-bond donors (Lipinski definition) is 1. The second-order valence-electron chi connectivity index (χ2n) is 4.63. The van der Waals surface area contributed by atoms with Crippen molar-refractivity contribution in [2.24, 2.45) is 5.92 Å². The van der Waals surface area contributed by atoms with Crippen LogP contribution in [-0.2, 0) is 0 Å². The summed E-state index contributed by atoms with van der Waals surface area (Å²) in [6.45, 7) is 0.670. The smallest absolute Gasteiger partial charge is 0.322 e. The van der Waals surface area contributed by atoms with Crippen LogP contribution in [0.4, 0.5) is 5.95 Å². The van der Waals surface area contributed by atoms with Crippen molar-refractivity contribution in [1.29, 1.82) is 0 Å². The second-order valence-corrected chi connectivity index (χ2v) is 4.97. The highest BCUT2D eigenvalue weighted by atomic mass is 35.5. The first-order valence-electron chi connectivity index (χ1n) is 6.50. The Morgan fingerprint density at radius 1 is 1.17 bits per heavy atom. The molecular weight excluding hydrogens is 252 g/mol. The van der Waals surface area contributed by atoms with Crippen LogP contribution in [0.5, 0.6) is 6.01 Å². The first kappa shape index (κ1) is 13.3. The quantitative estimate of drug-likeness (QED) is 0.853. The van der Waals surface area contributed by atoms with E-state index in [2.05, 4.69) is 20.3 Å². The van der Waals surface area contributed by atoms with Gasteiger partial charge in [-0.3, -0.25) is 0 Å². The number of rotatable bonds is 4. The predicted octanol–water partition coefficient (Wildman–Crippen LogP) is 2.92. The van der Waals surface area contributed by atoms with Gasteiger partial charge in [-0.15, -0.1) is 0 Å². The Morgan fingerprint density at radius 2 is 1.89 bits per heavy atom. The van der Waals surface area contributed by atoms with Crippen LogP contribution >= 0.6 is 11.6 Å². The second kappa shape index (κ2) is 6.73. The third kappa shape index (κ3) is 3.98. The molecule has 1 saturated carbocycles. The Hall–Kier alpha value is -1.10. The molecule has 0 amide bonds. The van der Waals surface area contributed by atoms with Crippen molar-refractivity contribution in [2.75, 3.05) is 19.0 Å². The molecule has 18 heavy (non-hydrogen) atoms. The van der Waals surface area contributed by atoms with E-state index in [9.17, 15) is 0 Å². The largest absolute Gasteiger partial charge is 0.463 e. The topological polar surface area (TPSA) is 59.9 Å². The number of nitrogens with one attached hydrogen (secondary N) is 1. The summed E-state index contributed by atoms with van der Waals surface area (Å²) >= 11 is 5.79. The molecule has 1 aromatic heterocycles. The molecule has 0 bridgehead atoms. The van der Waals surface area contributed by atoms with Crippen LogP contribution in [-0.4, -0.2) is 28.6 Å². The van der Waals surface area contributed by atoms with Gasteiger partial charge in [0.05, 0.1) is 6.61 Å². The monoisotopic (exact) mass is 270 g/mol. The van der Waals surface area contributed by atoms with E-state index >= 15 is 0 Å². The lowest BCUT2D eigenvalue weighted by Crippen LogP contribution is -2.13. The van der Waals surface area contributed by atoms with Crippen LogP contribution in [0.3, 0.4) is 0 Å². The minimum absolute atomic E-state index is 0.158. The van der Waals surface area contributed by atoms with Crippen LogP contribution in [0, 0.1) is 5.92 Å². The molecule has 1 N–H and O–H groups in total. The summed E-state index contributed by atoms with van der Waals surface area (Å²) in [6, 6.07) is 0.309. The molecule has 0 spiro atoms. The fraction of sp³-hybridized carbons (Fsp3) is 0.750. The molecule has 1 aromatic rings. The molecule has 1 aliphatic carbocycles. The first-order chi connectivity index (χ1) is 8.78. The van der Waals surface area contributed by atoms with E-state index in [1.807, 2.05) is 0 Å². The molecule has 6 heteroatoms. The van der Waals surface area contributed by atoms with Gasteiger partial charge in [0.1, 0.15) is 0 Å². The zero-order chi connectivity index (χ0) is 12.8. The Bertz CT molecular complexity index is 380. The molecule has 1 aliphatic rings. The minimum atomic E-state index is 0.158. The highest BCUT2D eigenvalue weighted by Gasteiger charge is 2.14. The van der Waals surface area contributed by atoms with Crippen molar-refractivity contribution in [3.8, 4) is 6.01 Å². The molecule has 1 fully saturated rings. The summed E-state index contributed by atoms with van der Waals surface area (Å²) in [6.07, 6.45) is 7.76. The van der Waals surface area contributed by atoms with Gasteiger partial charge in [-0.05, 0) is 30.4 Å². The van der Waals surface area contributed by atoms with E-state index in [4.69, 9.17) is 16.3 Å². The maximum Gasteiger partial charge on any atom is 0.322 e. The average molecular weight is 271 g/mol. The average Bonchev–Trinajstić information content (AvgIpc) is 2.64. The molecule has 0 atom stereocenters. The molecule has 0 radical (unpaired) electrons. The number of aromatic nitrogens is 3. The molecule has 0 unspecified atom stereocenters. The maximum atomic E-state index is 5.79. The van der Waals surface area contributed by atoms with E-state index in [0.717, 1.165) is 0 Å². The lowest BCUT2D eigenvalue weighted by atomic mass is 10.0. The summed E-state index contributed by atoms with van der Waals surface area (Å²) in [5.74, 6) is 1.05. The van der Waals surface area contributed by atoms with Gasteiger partial charge in [-0.25, -0.2) is 0 Å². The van der Waals surface area contributed by atoms with Gasteiger partial charge >= 0.3 is 6.01 Å². The van der Waals surface area contributed by atoms with Crippen molar-refractivity contribution in [3.63, 3.8) is 0 Å². The van der Waals surface area contributed by atoms with Crippen molar-refractivity contribution < 1.29 is 4.74 Å². The van der Waals surface area contributed by atoms with E-state index < -0.39 is 0 Å². The third-order valence-electron chi connectivity index (χ3n) is 3.23. The Kier molecular flexibility index (Phi) is 4.99. The fourth-order valence-corrected chi connectivity index (χ4v) is 2.38. The molecular formula is C12H19ClN4O. The SMILES string of the molecule is CNc1nc(Cl)nc(OCC2CCCCCC2)n1. The van der Waals surface area contributed by atoms with Gasteiger partial charge in [-0.1, -0.05) is 25.7 Å². The summed E-state index contributed by atoms with van der Waals surface area (Å²) in [5.41, 5.74) is 0. The zero-order valence-corrected chi connectivity index (χ0v) is 11.4. The van der Waals surface area contributed by atoms with Gasteiger partial charge < -0.3 is 10.1 Å². The van der Waals surface area contributed by atoms with Crippen molar-refractivity contribution >= 4 is 17.5 Å². The molecule has 100 valence electrons. The van der Waals surface area contributed by atoms with E-state index in [-0.39, 0.29) is 5.28 Å². The number of nitrogens with zero attached hydrogens (tertiary/aromatic N) is 3. The van der Waals surface area contributed by atoms with E-state index in [1.54, 1.807) is 7.05 Å². The molecule has 5 nitrogen and oxygen atoms in total. The highest BCUT2D eigenvalue weighted by Crippen LogP contribution is 2.23. The molecule has 0 aliphatic heterocycles. The fourth-order valence-electron chi connectivity index (χ4n) is 2.23. The van der Waals surface area contributed by atoms with Crippen LogP contribution < -0.4 is 10.1 Å². The summed E-state index contributed by atoms with van der Waals surface area (Å²) in [4.78, 5) is 12.0. The van der Waals surface area contributed by atoms with Gasteiger partial charge in [0.15, 0.2) is 0 Å². The Morgan fingerprint density at radius 3 is 2.56 bits per heavy atom.